The summed E-state index contributed by atoms with van der Waals surface area (Å²) in [5, 5.41) is 6.32. The maximum atomic E-state index is 13.7. The molecule has 8 nitrogen and oxygen atoms in total. The minimum Gasteiger partial charge on any atom is -0.449 e. The number of ether oxygens (including phenoxy) is 1. The van der Waals surface area contributed by atoms with Gasteiger partial charge in [0.25, 0.3) is 6.43 Å². The molecule has 0 spiro atoms. The van der Waals surface area contributed by atoms with Gasteiger partial charge in [-0.15, -0.1) is 0 Å². The second kappa shape index (κ2) is 8.08. The SMILES string of the molecule is CC1Cc2noc(N3CCCOC3=O)c2CN1C(=O)Nc1cc(F)c(F)c(C(F)F)c1. The fraction of sp³-hybridized carbons (Fsp3) is 0.421. The lowest BCUT2D eigenvalue weighted by molar-refractivity contribution is 0.137. The Bertz CT molecular complexity index is 1030. The molecule has 2 aliphatic heterocycles. The van der Waals surface area contributed by atoms with Gasteiger partial charge in [-0.05, 0) is 19.4 Å². The van der Waals surface area contributed by atoms with Crippen LogP contribution in [0.2, 0.25) is 0 Å². The Labute approximate surface area is 173 Å². The first kappa shape index (κ1) is 20.9. The number of hydrogen-bond donors (Lipinski definition) is 1. The van der Waals surface area contributed by atoms with Crippen LogP contribution in [-0.2, 0) is 17.7 Å². The largest absolute Gasteiger partial charge is 0.449 e. The molecule has 2 aromatic rings. The summed E-state index contributed by atoms with van der Waals surface area (Å²) in [6.07, 6.45) is -2.91. The van der Waals surface area contributed by atoms with Crippen molar-refractivity contribution in [3.63, 3.8) is 0 Å². The number of cyclic esters (lactones) is 1. The molecule has 0 radical (unpaired) electrons. The summed E-state index contributed by atoms with van der Waals surface area (Å²) in [6.45, 7) is 2.41. The summed E-state index contributed by atoms with van der Waals surface area (Å²) in [5.74, 6) is -2.98. The minimum atomic E-state index is -3.24. The number of carbonyl (C=O) groups is 2. The maximum absolute atomic E-state index is 13.7. The fourth-order valence-corrected chi connectivity index (χ4v) is 3.62. The van der Waals surface area contributed by atoms with E-state index in [1.54, 1.807) is 6.92 Å². The third-order valence-corrected chi connectivity index (χ3v) is 5.22. The van der Waals surface area contributed by atoms with Gasteiger partial charge in [0.15, 0.2) is 11.6 Å². The van der Waals surface area contributed by atoms with Crippen molar-refractivity contribution in [3.8, 4) is 0 Å². The number of rotatable bonds is 3. The summed E-state index contributed by atoms with van der Waals surface area (Å²) in [4.78, 5) is 27.5. The van der Waals surface area contributed by atoms with Gasteiger partial charge in [-0.1, -0.05) is 5.16 Å². The van der Waals surface area contributed by atoms with Crippen molar-refractivity contribution in [2.45, 2.75) is 38.8 Å². The number of alkyl halides is 2. The highest BCUT2D eigenvalue weighted by Gasteiger charge is 2.36. The Balaban J connectivity index is 1.56. The topological polar surface area (TPSA) is 87.9 Å². The van der Waals surface area contributed by atoms with Crippen LogP contribution in [0.4, 0.5) is 38.7 Å². The summed E-state index contributed by atoms with van der Waals surface area (Å²) in [6, 6.07) is 0.250. The van der Waals surface area contributed by atoms with Crippen LogP contribution in [0.25, 0.3) is 0 Å². The zero-order chi connectivity index (χ0) is 22.3. The molecule has 4 rings (SSSR count). The number of anilines is 2. The lowest BCUT2D eigenvalue weighted by Crippen LogP contribution is -2.45. The van der Waals surface area contributed by atoms with E-state index in [-0.39, 0.29) is 24.2 Å². The van der Waals surface area contributed by atoms with Gasteiger partial charge >= 0.3 is 12.1 Å². The van der Waals surface area contributed by atoms with Gasteiger partial charge in [0.05, 0.1) is 30.0 Å². The zero-order valence-corrected chi connectivity index (χ0v) is 16.3. The summed E-state index contributed by atoms with van der Waals surface area (Å²) in [7, 11) is 0. The standard InChI is InChI=1S/C19H18F4N4O4/c1-9-5-14-12(17(31-25-14)26-3-2-4-30-19(26)29)8-27(9)18(28)24-10-6-11(16(22)23)15(21)13(20)7-10/h6-7,9,16H,2-5,8H2,1H3,(H,24,28). The average Bonchev–Trinajstić information content (AvgIpc) is 3.12. The van der Waals surface area contributed by atoms with Crippen LogP contribution < -0.4 is 10.2 Å². The van der Waals surface area contributed by atoms with Gasteiger partial charge in [0.1, 0.15) is 0 Å². The number of benzene rings is 1. The molecule has 1 unspecified atom stereocenters. The van der Waals surface area contributed by atoms with E-state index >= 15 is 0 Å². The highest BCUT2D eigenvalue weighted by molar-refractivity contribution is 5.91. The summed E-state index contributed by atoms with van der Waals surface area (Å²) < 4.78 is 63.4. The second-order valence-corrected chi connectivity index (χ2v) is 7.31. The van der Waals surface area contributed by atoms with Crippen LogP contribution in [0, 0.1) is 11.6 Å². The highest BCUT2D eigenvalue weighted by Crippen LogP contribution is 2.33. The molecule has 31 heavy (non-hydrogen) atoms. The maximum Gasteiger partial charge on any atom is 0.416 e. The number of fused-ring (bicyclic) bond motifs is 1. The van der Waals surface area contributed by atoms with Crippen molar-refractivity contribution >= 4 is 23.7 Å². The Kier molecular flexibility index (Phi) is 5.46. The van der Waals surface area contributed by atoms with E-state index in [4.69, 9.17) is 9.26 Å². The van der Waals surface area contributed by atoms with Gasteiger partial charge in [0.2, 0.25) is 5.88 Å². The van der Waals surface area contributed by atoms with E-state index < -0.39 is 35.7 Å². The molecular weight excluding hydrogens is 424 g/mol. The van der Waals surface area contributed by atoms with Crippen LogP contribution in [-0.4, -0.2) is 41.4 Å². The quantitative estimate of drug-likeness (QED) is 0.720. The van der Waals surface area contributed by atoms with Crippen molar-refractivity contribution in [2.75, 3.05) is 23.4 Å². The van der Waals surface area contributed by atoms with E-state index in [1.807, 2.05) is 0 Å². The number of hydrogen-bond acceptors (Lipinski definition) is 5. The van der Waals surface area contributed by atoms with E-state index in [2.05, 4.69) is 10.5 Å². The van der Waals surface area contributed by atoms with Gasteiger partial charge in [0, 0.05) is 30.8 Å². The van der Waals surface area contributed by atoms with Gasteiger partial charge in [-0.25, -0.2) is 32.1 Å². The third kappa shape index (κ3) is 3.89. The molecule has 1 N–H and O–H groups in total. The molecule has 1 atom stereocenters. The van der Waals surface area contributed by atoms with Crippen LogP contribution in [0.15, 0.2) is 16.7 Å². The number of urea groups is 1. The number of nitrogens with one attached hydrogen (secondary N) is 1. The Hall–Kier alpha value is -3.31. The summed E-state index contributed by atoms with van der Waals surface area (Å²) in [5.41, 5.74) is -0.347. The van der Waals surface area contributed by atoms with Gasteiger partial charge < -0.3 is 19.5 Å². The molecule has 3 heterocycles. The van der Waals surface area contributed by atoms with Gasteiger partial charge in [-0.2, -0.15) is 0 Å². The third-order valence-electron chi connectivity index (χ3n) is 5.22. The average molecular weight is 442 g/mol. The summed E-state index contributed by atoms with van der Waals surface area (Å²) >= 11 is 0. The number of carbonyl (C=O) groups excluding carboxylic acids is 2. The van der Waals surface area contributed by atoms with Crippen molar-refractivity contribution in [1.29, 1.82) is 0 Å². The molecule has 12 heteroatoms. The van der Waals surface area contributed by atoms with Gasteiger partial charge in [-0.3, -0.25) is 0 Å². The Morgan fingerprint density at radius 1 is 1.32 bits per heavy atom. The van der Waals surface area contributed by atoms with Crippen LogP contribution in [0.5, 0.6) is 0 Å². The number of amides is 3. The minimum absolute atomic E-state index is 0.0102. The molecule has 0 bridgehead atoms. The molecule has 3 amide bonds. The van der Waals surface area contributed by atoms with Crippen LogP contribution >= 0.6 is 0 Å². The molecule has 166 valence electrons. The molecular formula is C19H18F4N4O4. The number of aromatic nitrogens is 1. The molecule has 0 aliphatic carbocycles. The molecule has 1 saturated heterocycles. The molecule has 1 aromatic heterocycles. The van der Waals surface area contributed by atoms with E-state index in [0.29, 0.717) is 49.4 Å². The van der Waals surface area contributed by atoms with E-state index in [9.17, 15) is 27.2 Å². The Morgan fingerprint density at radius 3 is 2.81 bits per heavy atom. The van der Waals surface area contributed by atoms with Crippen molar-refractivity contribution in [3.05, 3.63) is 40.6 Å². The normalized spacial score (nSPS) is 18.8. The molecule has 1 fully saturated rings. The van der Waals surface area contributed by atoms with Crippen molar-refractivity contribution in [2.24, 2.45) is 0 Å². The lowest BCUT2D eigenvalue weighted by Gasteiger charge is -2.33. The lowest BCUT2D eigenvalue weighted by atomic mass is 10.0. The smallest absolute Gasteiger partial charge is 0.416 e. The predicted octanol–water partition coefficient (Wildman–Crippen LogP) is 4.22. The zero-order valence-electron chi connectivity index (χ0n) is 16.3. The monoisotopic (exact) mass is 442 g/mol. The first-order valence-corrected chi connectivity index (χ1v) is 9.52. The second-order valence-electron chi connectivity index (χ2n) is 7.31. The number of nitrogens with zero attached hydrogens (tertiary/aromatic N) is 3. The fourth-order valence-electron chi connectivity index (χ4n) is 3.62. The predicted molar refractivity (Wildman–Crippen MR) is 98.9 cm³/mol. The van der Waals surface area contributed by atoms with Crippen LogP contribution in [0.1, 0.15) is 36.6 Å². The van der Waals surface area contributed by atoms with Crippen LogP contribution in [0.3, 0.4) is 0 Å². The van der Waals surface area contributed by atoms with E-state index in [0.717, 1.165) is 0 Å². The highest BCUT2D eigenvalue weighted by atomic mass is 19.3. The molecule has 1 aromatic carbocycles. The Morgan fingerprint density at radius 2 is 2.10 bits per heavy atom. The first-order chi connectivity index (χ1) is 14.8. The number of halogens is 4. The van der Waals surface area contributed by atoms with E-state index in [1.165, 1.54) is 9.80 Å². The van der Waals surface area contributed by atoms with Crippen molar-refractivity contribution < 1.29 is 36.4 Å². The molecule has 2 aliphatic rings. The first-order valence-electron chi connectivity index (χ1n) is 9.52. The molecule has 0 saturated carbocycles. The van der Waals surface area contributed by atoms with Crippen molar-refractivity contribution in [1.82, 2.24) is 10.1 Å².